The molecule has 6 nitrogen and oxygen atoms in total. The fraction of sp³-hybridized carbons (Fsp3) is 0.500. The Morgan fingerprint density at radius 2 is 2.03 bits per heavy atom. The smallest absolute Gasteiger partial charge is 0.303 e. The van der Waals surface area contributed by atoms with Gasteiger partial charge in [0.25, 0.3) is 0 Å². The Hall–Kier alpha value is -0.860. The van der Waals surface area contributed by atoms with E-state index in [4.69, 9.17) is 21.4 Å². The molecule has 0 amide bonds. The van der Waals surface area contributed by atoms with Crippen LogP contribution in [0.15, 0.2) is 48.6 Å². The van der Waals surface area contributed by atoms with Crippen molar-refractivity contribution in [2.45, 2.75) is 50.4 Å². The largest absolute Gasteiger partial charge is 0.491 e. The summed E-state index contributed by atoms with van der Waals surface area (Å²) in [4.78, 5) is 10.5. The van der Waals surface area contributed by atoms with Gasteiger partial charge in [0.2, 0.25) is 0 Å². The van der Waals surface area contributed by atoms with Gasteiger partial charge in [0.05, 0.1) is 12.2 Å². The van der Waals surface area contributed by atoms with Crippen molar-refractivity contribution in [2.75, 3.05) is 6.61 Å². The minimum Gasteiger partial charge on any atom is -0.491 e. The first-order valence-corrected chi connectivity index (χ1v) is 10.2. The molecule has 8 heteroatoms. The molecule has 4 N–H and O–H groups in total. The van der Waals surface area contributed by atoms with Crippen molar-refractivity contribution in [3.05, 3.63) is 53.6 Å². The van der Waals surface area contributed by atoms with Gasteiger partial charge in [0.1, 0.15) is 18.5 Å². The first-order valence-electron chi connectivity index (χ1n) is 9.84. The van der Waals surface area contributed by atoms with Gasteiger partial charge in [-0.1, -0.05) is 42.0 Å². The van der Waals surface area contributed by atoms with E-state index in [0.717, 1.165) is 0 Å². The summed E-state index contributed by atoms with van der Waals surface area (Å²) in [5.41, 5.74) is 0. The van der Waals surface area contributed by atoms with Crippen LogP contribution in [-0.4, -0.2) is 80.9 Å². The molecule has 0 bridgehead atoms. The van der Waals surface area contributed by atoms with E-state index in [1.165, 1.54) is 0 Å². The molecule has 1 aliphatic rings. The summed E-state index contributed by atoms with van der Waals surface area (Å²) in [6.45, 7) is 0.0519. The van der Waals surface area contributed by atoms with Crippen LogP contribution in [0.3, 0.4) is 0 Å². The second kappa shape index (κ2) is 14.2. The molecule has 0 unspecified atom stereocenters. The molecule has 1 radical (unpaired) electrons. The Kier molecular flexibility index (Phi) is 12.9. The summed E-state index contributed by atoms with van der Waals surface area (Å²) in [5, 5.41) is 39.8. The third kappa shape index (κ3) is 9.52. The number of ether oxygens (including phenoxy) is 1. The molecule has 0 spiro atoms. The van der Waals surface area contributed by atoms with Gasteiger partial charge in [0, 0.05) is 53.3 Å². The number of rotatable bonds is 11. The zero-order valence-corrected chi connectivity index (χ0v) is 20.0. The standard InChI is InChI=1S/C22H29ClO6.Na/c23-15-6-5-7-17(12-15)29-14-16(24)10-11-19-18(20(25)13-21(19)26)8-3-1-2-4-9-22(27)28;/h1,3,5-7,10-12,16,18-21,24-26H,2,4,8-9,13-14H2,(H,27,28);/b3-1-,11-10+;/t16-,18-,19-,20+,21-;/m1./s1. The van der Waals surface area contributed by atoms with Crippen molar-refractivity contribution in [3.63, 3.8) is 0 Å². The van der Waals surface area contributed by atoms with Crippen molar-refractivity contribution in [2.24, 2.45) is 11.8 Å². The fourth-order valence-corrected chi connectivity index (χ4v) is 3.68. The summed E-state index contributed by atoms with van der Waals surface area (Å²) in [7, 11) is 0. The quantitative estimate of drug-likeness (QED) is 0.236. The van der Waals surface area contributed by atoms with Gasteiger partial charge >= 0.3 is 5.97 Å². The van der Waals surface area contributed by atoms with Crippen LogP contribution in [0, 0.1) is 11.8 Å². The molecule has 0 saturated heterocycles. The number of aliphatic hydroxyl groups excluding tert-OH is 3. The van der Waals surface area contributed by atoms with Crippen LogP contribution in [0.1, 0.15) is 32.1 Å². The van der Waals surface area contributed by atoms with Gasteiger partial charge < -0.3 is 25.2 Å². The average molecular weight is 448 g/mol. The Labute approximate surface area is 204 Å². The molecule has 2 rings (SSSR count). The monoisotopic (exact) mass is 447 g/mol. The normalized spacial score (nSPS) is 24.8. The third-order valence-corrected chi connectivity index (χ3v) is 5.26. The summed E-state index contributed by atoms with van der Waals surface area (Å²) in [6.07, 6.45) is 7.26. The van der Waals surface area contributed by atoms with Crippen LogP contribution >= 0.6 is 11.6 Å². The number of benzene rings is 1. The molecular weight excluding hydrogens is 419 g/mol. The molecule has 161 valence electrons. The van der Waals surface area contributed by atoms with Gasteiger partial charge in [-0.2, -0.15) is 0 Å². The van der Waals surface area contributed by atoms with E-state index in [1.807, 2.05) is 12.2 Å². The third-order valence-electron chi connectivity index (χ3n) is 5.02. The Bertz CT molecular complexity index is 711. The number of hydrogen-bond acceptors (Lipinski definition) is 5. The van der Waals surface area contributed by atoms with Crippen LogP contribution in [-0.2, 0) is 4.79 Å². The molecule has 0 aromatic heterocycles. The Morgan fingerprint density at radius 3 is 2.73 bits per heavy atom. The predicted octanol–water partition coefficient (Wildman–Crippen LogP) is 2.81. The second-order valence-corrected chi connectivity index (χ2v) is 7.76. The van der Waals surface area contributed by atoms with Crippen molar-refractivity contribution in [1.29, 1.82) is 0 Å². The van der Waals surface area contributed by atoms with Gasteiger partial charge in [0.15, 0.2) is 0 Å². The summed E-state index contributed by atoms with van der Waals surface area (Å²) >= 11 is 5.90. The molecule has 1 aliphatic carbocycles. The zero-order valence-electron chi connectivity index (χ0n) is 17.2. The van der Waals surface area contributed by atoms with Gasteiger partial charge in [-0.3, -0.25) is 4.79 Å². The van der Waals surface area contributed by atoms with Crippen molar-refractivity contribution in [1.82, 2.24) is 0 Å². The number of halogens is 1. The SMILES string of the molecule is O=C(O)CCC/C=C\C[C@@H]1[C@@H](/C=C/[C@@H](O)COc2cccc(Cl)c2)[C@H](O)C[C@@H]1O.[Na]. The van der Waals surface area contributed by atoms with E-state index < -0.39 is 24.3 Å². The first-order chi connectivity index (χ1) is 13.9. The summed E-state index contributed by atoms with van der Waals surface area (Å²) in [5.74, 6) is -0.671. The molecule has 30 heavy (non-hydrogen) atoms. The number of aliphatic carboxylic acids is 1. The van der Waals surface area contributed by atoms with Crippen LogP contribution in [0.5, 0.6) is 5.75 Å². The van der Waals surface area contributed by atoms with E-state index in [-0.39, 0.29) is 54.4 Å². The van der Waals surface area contributed by atoms with Gasteiger partial charge in [-0.15, -0.1) is 0 Å². The molecule has 0 aliphatic heterocycles. The maximum absolute atomic E-state index is 10.5. The van der Waals surface area contributed by atoms with Crippen LogP contribution < -0.4 is 4.74 Å². The number of unbranched alkanes of at least 4 members (excludes halogenated alkanes) is 1. The van der Waals surface area contributed by atoms with E-state index in [0.29, 0.717) is 36.5 Å². The molecule has 1 aromatic carbocycles. The molecule has 1 saturated carbocycles. The summed E-state index contributed by atoms with van der Waals surface area (Å²) in [6, 6.07) is 6.90. The minimum atomic E-state index is -0.855. The number of carboxylic acids is 1. The predicted molar refractivity (Wildman–Crippen MR) is 117 cm³/mol. The van der Waals surface area contributed by atoms with Crippen LogP contribution in [0.2, 0.25) is 5.02 Å². The maximum atomic E-state index is 10.5. The zero-order chi connectivity index (χ0) is 21.2. The summed E-state index contributed by atoms with van der Waals surface area (Å²) < 4.78 is 5.51. The number of allylic oxidation sites excluding steroid dienone is 2. The van der Waals surface area contributed by atoms with Crippen LogP contribution in [0.4, 0.5) is 0 Å². The number of hydrogen-bond donors (Lipinski definition) is 4. The van der Waals surface area contributed by atoms with E-state index in [1.54, 1.807) is 36.4 Å². The van der Waals surface area contributed by atoms with E-state index >= 15 is 0 Å². The first kappa shape index (κ1) is 27.2. The number of carbonyl (C=O) groups is 1. The topological polar surface area (TPSA) is 107 Å². The molecule has 0 heterocycles. The van der Waals surface area contributed by atoms with E-state index in [9.17, 15) is 20.1 Å². The van der Waals surface area contributed by atoms with Crippen molar-refractivity contribution >= 4 is 47.1 Å². The van der Waals surface area contributed by atoms with Gasteiger partial charge in [-0.05, 0) is 43.4 Å². The molecular formula is C22H29ClNaO6. The van der Waals surface area contributed by atoms with E-state index in [2.05, 4.69) is 0 Å². The molecule has 1 aromatic rings. The molecule has 5 atom stereocenters. The average Bonchev–Trinajstić information content (AvgIpc) is 2.93. The number of carboxylic acid groups (broad SMARTS) is 1. The Balaban J connectivity index is 0.00000450. The second-order valence-electron chi connectivity index (χ2n) is 7.33. The van der Waals surface area contributed by atoms with Crippen molar-refractivity contribution < 1.29 is 30.0 Å². The van der Waals surface area contributed by atoms with Gasteiger partial charge in [-0.25, -0.2) is 0 Å². The van der Waals surface area contributed by atoms with Crippen LogP contribution in [0.25, 0.3) is 0 Å². The fourth-order valence-electron chi connectivity index (χ4n) is 3.50. The maximum Gasteiger partial charge on any atom is 0.303 e. The number of aliphatic hydroxyl groups is 3. The van der Waals surface area contributed by atoms with Crippen molar-refractivity contribution in [3.8, 4) is 5.75 Å². The Morgan fingerprint density at radius 1 is 1.27 bits per heavy atom. The minimum absolute atomic E-state index is 0. The molecule has 1 fully saturated rings.